The fraction of sp³-hybridized carbons (Fsp3) is 0.556. The summed E-state index contributed by atoms with van der Waals surface area (Å²) in [5.41, 5.74) is 2.91. The number of hydrogen-bond donors (Lipinski definition) is 2. The van der Waals surface area contributed by atoms with Gasteiger partial charge >= 0.3 is 0 Å². The number of aryl methyl sites for hydroxylation is 1. The zero-order chi connectivity index (χ0) is 10.4. The second-order valence-corrected chi connectivity index (χ2v) is 3.90. The largest absolute Gasteiger partial charge is 0.359 e. The lowest BCUT2D eigenvalue weighted by molar-refractivity contribution is -0.120. The van der Waals surface area contributed by atoms with Gasteiger partial charge < -0.3 is 10.6 Å². The van der Waals surface area contributed by atoms with Crippen molar-refractivity contribution in [2.75, 3.05) is 13.6 Å². The SMILES string of the molecule is CNC(=O)CCNCc1scnc1C. The number of nitrogens with one attached hydrogen (secondary N) is 2. The van der Waals surface area contributed by atoms with Crippen LogP contribution in [0.15, 0.2) is 5.51 Å². The first-order valence-corrected chi connectivity index (χ1v) is 5.42. The van der Waals surface area contributed by atoms with Gasteiger partial charge in [0, 0.05) is 31.4 Å². The lowest BCUT2D eigenvalue weighted by atomic mass is 10.3. The summed E-state index contributed by atoms with van der Waals surface area (Å²) in [5.74, 6) is 0.0681. The van der Waals surface area contributed by atoms with Crippen LogP contribution in [-0.4, -0.2) is 24.5 Å². The molecular formula is C9H15N3OS. The van der Waals surface area contributed by atoms with Crippen LogP contribution in [-0.2, 0) is 11.3 Å². The Kier molecular flexibility index (Phi) is 4.55. The predicted octanol–water partition coefficient (Wildman–Crippen LogP) is 0.677. The first kappa shape index (κ1) is 11.1. The van der Waals surface area contributed by atoms with Gasteiger partial charge in [-0.2, -0.15) is 0 Å². The van der Waals surface area contributed by atoms with Gasteiger partial charge in [-0.25, -0.2) is 4.98 Å². The van der Waals surface area contributed by atoms with Crippen LogP contribution in [0.4, 0.5) is 0 Å². The Hall–Kier alpha value is -0.940. The quantitative estimate of drug-likeness (QED) is 0.707. The van der Waals surface area contributed by atoms with E-state index in [-0.39, 0.29) is 5.91 Å². The number of amides is 1. The molecule has 0 saturated heterocycles. The molecule has 0 aliphatic heterocycles. The molecule has 2 N–H and O–H groups in total. The summed E-state index contributed by atoms with van der Waals surface area (Å²) in [6.45, 7) is 3.50. The summed E-state index contributed by atoms with van der Waals surface area (Å²) >= 11 is 1.64. The fourth-order valence-corrected chi connectivity index (χ4v) is 1.77. The van der Waals surface area contributed by atoms with E-state index in [4.69, 9.17) is 0 Å². The maximum atomic E-state index is 10.9. The highest BCUT2D eigenvalue weighted by atomic mass is 32.1. The average Bonchev–Trinajstić information content (AvgIpc) is 2.58. The van der Waals surface area contributed by atoms with Crippen molar-refractivity contribution in [1.29, 1.82) is 0 Å². The molecule has 14 heavy (non-hydrogen) atoms. The lowest BCUT2D eigenvalue weighted by Crippen LogP contribution is -2.24. The van der Waals surface area contributed by atoms with E-state index in [2.05, 4.69) is 15.6 Å². The highest BCUT2D eigenvalue weighted by Gasteiger charge is 2.01. The molecule has 78 valence electrons. The summed E-state index contributed by atoms with van der Waals surface area (Å²) in [6.07, 6.45) is 0.522. The maximum Gasteiger partial charge on any atom is 0.221 e. The molecule has 0 atom stereocenters. The number of carbonyl (C=O) groups is 1. The molecule has 1 aromatic rings. The molecule has 1 aromatic heterocycles. The Balaban J connectivity index is 2.16. The molecule has 1 rings (SSSR count). The molecule has 0 aliphatic carbocycles. The third-order valence-corrected chi connectivity index (χ3v) is 2.87. The molecule has 0 spiro atoms. The Labute approximate surface area is 87.7 Å². The minimum absolute atomic E-state index is 0.0681. The molecule has 0 fully saturated rings. The van der Waals surface area contributed by atoms with Crippen molar-refractivity contribution in [3.8, 4) is 0 Å². The summed E-state index contributed by atoms with van der Waals surface area (Å²) in [7, 11) is 1.65. The topological polar surface area (TPSA) is 54.0 Å². The molecular weight excluding hydrogens is 198 g/mol. The zero-order valence-corrected chi connectivity index (χ0v) is 9.28. The number of nitrogens with zero attached hydrogens (tertiary/aromatic N) is 1. The van der Waals surface area contributed by atoms with E-state index in [1.807, 2.05) is 12.4 Å². The van der Waals surface area contributed by atoms with E-state index in [1.54, 1.807) is 18.4 Å². The van der Waals surface area contributed by atoms with Gasteiger partial charge in [-0.3, -0.25) is 4.79 Å². The van der Waals surface area contributed by atoms with Gasteiger partial charge in [-0.05, 0) is 6.92 Å². The Morgan fingerprint density at radius 1 is 1.64 bits per heavy atom. The second-order valence-electron chi connectivity index (χ2n) is 2.96. The van der Waals surface area contributed by atoms with E-state index < -0.39 is 0 Å². The van der Waals surface area contributed by atoms with Crippen LogP contribution < -0.4 is 10.6 Å². The van der Waals surface area contributed by atoms with Crippen molar-refractivity contribution in [1.82, 2.24) is 15.6 Å². The summed E-state index contributed by atoms with van der Waals surface area (Å²) < 4.78 is 0. The lowest BCUT2D eigenvalue weighted by Gasteiger charge is -2.02. The van der Waals surface area contributed by atoms with Gasteiger partial charge in [0.25, 0.3) is 0 Å². The van der Waals surface area contributed by atoms with Gasteiger partial charge in [0.15, 0.2) is 0 Å². The highest BCUT2D eigenvalue weighted by Crippen LogP contribution is 2.10. The number of thiazole rings is 1. The van der Waals surface area contributed by atoms with Gasteiger partial charge in [0.1, 0.15) is 0 Å². The van der Waals surface area contributed by atoms with Crippen LogP contribution >= 0.6 is 11.3 Å². The monoisotopic (exact) mass is 213 g/mol. The first-order chi connectivity index (χ1) is 6.74. The van der Waals surface area contributed by atoms with E-state index in [0.717, 1.165) is 12.2 Å². The van der Waals surface area contributed by atoms with E-state index in [0.29, 0.717) is 13.0 Å². The minimum Gasteiger partial charge on any atom is -0.359 e. The van der Waals surface area contributed by atoms with Gasteiger partial charge in [-0.1, -0.05) is 0 Å². The Bertz CT molecular complexity index is 298. The molecule has 0 aromatic carbocycles. The van der Waals surface area contributed by atoms with E-state index in [1.165, 1.54) is 4.88 Å². The predicted molar refractivity (Wildman–Crippen MR) is 57.2 cm³/mol. The third-order valence-electron chi connectivity index (χ3n) is 1.94. The summed E-state index contributed by atoms with van der Waals surface area (Å²) in [5, 5.41) is 5.78. The van der Waals surface area contributed by atoms with Gasteiger partial charge in [-0.15, -0.1) is 11.3 Å². The molecule has 4 nitrogen and oxygen atoms in total. The minimum atomic E-state index is 0.0681. The van der Waals surface area contributed by atoms with Crippen molar-refractivity contribution < 1.29 is 4.79 Å². The normalized spacial score (nSPS) is 10.1. The number of hydrogen-bond acceptors (Lipinski definition) is 4. The molecule has 0 bridgehead atoms. The number of rotatable bonds is 5. The van der Waals surface area contributed by atoms with Crippen molar-refractivity contribution in [3.05, 3.63) is 16.1 Å². The van der Waals surface area contributed by atoms with Crippen LogP contribution in [0.2, 0.25) is 0 Å². The molecule has 1 amide bonds. The Morgan fingerprint density at radius 2 is 2.43 bits per heavy atom. The van der Waals surface area contributed by atoms with Crippen LogP contribution in [0.5, 0.6) is 0 Å². The first-order valence-electron chi connectivity index (χ1n) is 4.54. The van der Waals surface area contributed by atoms with Crippen LogP contribution in [0.3, 0.4) is 0 Å². The molecule has 1 heterocycles. The van der Waals surface area contributed by atoms with Crippen molar-refractivity contribution in [3.63, 3.8) is 0 Å². The maximum absolute atomic E-state index is 10.9. The molecule has 0 aliphatic rings. The number of aromatic nitrogens is 1. The second kappa shape index (κ2) is 5.72. The highest BCUT2D eigenvalue weighted by molar-refractivity contribution is 7.09. The standard InChI is InChI=1S/C9H15N3OS/c1-7-8(14-6-12-7)5-11-4-3-9(13)10-2/h6,11H,3-5H2,1-2H3,(H,10,13). The molecule has 0 saturated carbocycles. The van der Waals surface area contributed by atoms with Crippen LogP contribution in [0.25, 0.3) is 0 Å². The summed E-state index contributed by atoms with van der Waals surface area (Å²) in [6, 6.07) is 0. The molecule has 5 heteroatoms. The average molecular weight is 213 g/mol. The summed E-state index contributed by atoms with van der Waals surface area (Å²) in [4.78, 5) is 16.3. The van der Waals surface area contributed by atoms with Gasteiger partial charge in [0.2, 0.25) is 5.91 Å². The van der Waals surface area contributed by atoms with Crippen molar-refractivity contribution >= 4 is 17.2 Å². The van der Waals surface area contributed by atoms with Crippen molar-refractivity contribution in [2.45, 2.75) is 19.9 Å². The zero-order valence-electron chi connectivity index (χ0n) is 8.46. The third kappa shape index (κ3) is 3.43. The van der Waals surface area contributed by atoms with E-state index >= 15 is 0 Å². The van der Waals surface area contributed by atoms with Crippen molar-refractivity contribution in [2.24, 2.45) is 0 Å². The van der Waals surface area contributed by atoms with E-state index in [9.17, 15) is 4.79 Å². The Morgan fingerprint density at radius 3 is 3.00 bits per heavy atom. The molecule has 0 radical (unpaired) electrons. The smallest absolute Gasteiger partial charge is 0.221 e. The van der Waals surface area contributed by atoms with Crippen LogP contribution in [0.1, 0.15) is 17.0 Å². The number of carbonyl (C=O) groups excluding carboxylic acids is 1. The van der Waals surface area contributed by atoms with Gasteiger partial charge in [0.05, 0.1) is 11.2 Å². The fourth-order valence-electron chi connectivity index (χ4n) is 1.02. The van der Waals surface area contributed by atoms with Crippen LogP contribution in [0, 0.1) is 6.92 Å². The molecule has 0 unspecified atom stereocenters.